The summed E-state index contributed by atoms with van der Waals surface area (Å²) in [7, 11) is 0. The third-order valence-electron chi connectivity index (χ3n) is 1.73. The lowest BCUT2D eigenvalue weighted by atomic mass is 10.2. The van der Waals surface area contributed by atoms with E-state index in [1.54, 1.807) is 11.3 Å². The van der Waals surface area contributed by atoms with E-state index in [2.05, 4.69) is 32.2 Å². The van der Waals surface area contributed by atoms with Crippen LogP contribution in [0.4, 0.5) is 0 Å². The van der Waals surface area contributed by atoms with Crippen molar-refractivity contribution in [1.29, 1.82) is 0 Å². The van der Waals surface area contributed by atoms with Gasteiger partial charge in [0.25, 0.3) is 0 Å². The minimum absolute atomic E-state index is 0.210. The van der Waals surface area contributed by atoms with Crippen LogP contribution >= 0.6 is 23.1 Å². The summed E-state index contributed by atoms with van der Waals surface area (Å²) in [6.07, 6.45) is 0.582. The third kappa shape index (κ3) is 5.03. The van der Waals surface area contributed by atoms with Crippen molar-refractivity contribution in [3.8, 4) is 0 Å². The molecule has 0 aliphatic carbocycles. The highest BCUT2D eigenvalue weighted by Gasteiger charge is 2.14. The zero-order valence-electron chi connectivity index (χ0n) is 8.99. The highest BCUT2D eigenvalue weighted by Crippen LogP contribution is 2.24. The maximum Gasteiger partial charge on any atom is 0.0678 e. The summed E-state index contributed by atoms with van der Waals surface area (Å²) in [6.45, 7) is 6.53. The average Bonchev–Trinajstić information content (AvgIpc) is 2.52. The van der Waals surface area contributed by atoms with Gasteiger partial charge in [0.1, 0.15) is 0 Å². The third-order valence-corrected chi connectivity index (χ3v) is 4.04. The fraction of sp³-hybridized carbons (Fsp3) is 0.636. The first-order valence-corrected chi connectivity index (χ1v) is 6.68. The van der Waals surface area contributed by atoms with Crippen LogP contribution in [0.25, 0.3) is 0 Å². The van der Waals surface area contributed by atoms with Crippen molar-refractivity contribution in [2.45, 2.75) is 38.0 Å². The fourth-order valence-corrected chi connectivity index (χ4v) is 2.65. The maximum absolute atomic E-state index is 9.77. The van der Waals surface area contributed by atoms with Crippen LogP contribution in [0.2, 0.25) is 0 Å². The Balaban J connectivity index is 2.26. The predicted octanol–water partition coefficient (Wildman–Crippen LogP) is 3.18. The molecule has 1 atom stereocenters. The van der Waals surface area contributed by atoms with Crippen LogP contribution < -0.4 is 0 Å². The number of aliphatic hydroxyl groups excluding tert-OH is 1. The normalized spacial score (nSPS) is 14.3. The van der Waals surface area contributed by atoms with Crippen molar-refractivity contribution in [3.63, 3.8) is 0 Å². The van der Waals surface area contributed by atoms with Crippen LogP contribution in [0.1, 0.15) is 25.6 Å². The second kappa shape index (κ2) is 5.19. The molecule has 0 amide bonds. The molecule has 1 N–H and O–H groups in total. The van der Waals surface area contributed by atoms with Crippen LogP contribution in [0.15, 0.2) is 17.5 Å². The van der Waals surface area contributed by atoms with Gasteiger partial charge < -0.3 is 5.11 Å². The first-order valence-electron chi connectivity index (χ1n) is 4.82. The van der Waals surface area contributed by atoms with Crippen molar-refractivity contribution in [2.24, 2.45) is 0 Å². The molecule has 0 saturated carbocycles. The Bertz CT molecular complexity index is 249. The Hall–Kier alpha value is 0.01000. The van der Waals surface area contributed by atoms with Crippen molar-refractivity contribution >= 4 is 23.1 Å². The van der Waals surface area contributed by atoms with E-state index in [4.69, 9.17) is 0 Å². The Morgan fingerprint density at radius 1 is 1.50 bits per heavy atom. The molecule has 0 aliphatic heterocycles. The molecule has 1 nitrogen and oxygen atoms in total. The molecule has 0 radical (unpaired) electrons. The van der Waals surface area contributed by atoms with Gasteiger partial charge in [-0.1, -0.05) is 26.8 Å². The molecule has 1 aromatic heterocycles. The largest absolute Gasteiger partial charge is 0.392 e. The topological polar surface area (TPSA) is 20.2 Å². The summed E-state index contributed by atoms with van der Waals surface area (Å²) in [6, 6.07) is 4.11. The van der Waals surface area contributed by atoms with E-state index in [1.165, 1.54) is 4.88 Å². The van der Waals surface area contributed by atoms with Crippen LogP contribution in [0.3, 0.4) is 0 Å². The SMILES string of the molecule is CC(C)(C)SCC(O)Cc1cccs1. The van der Waals surface area contributed by atoms with Gasteiger partial charge in [-0.3, -0.25) is 0 Å². The summed E-state index contributed by atoms with van der Waals surface area (Å²) in [5, 5.41) is 11.8. The van der Waals surface area contributed by atoms with Crippen LogP contribution in [0, 0.1) is 0 Å². The van der Waals surface area contributed by atoms with Gasteiger partial charge in [0.2, 0.25) is 0 Å². The Labute approximate surface area is 94.5 Å². The zero-order valence-corrected chi connectivity index (χ0v) is 10.6. The molecular weight excluding hydrogens is 212 g/mol. The van der Waals surface area contributed by atoms with E-state index in [9.17, 15) is 5.11 Å². The van der Waals surface area contributed by atoms with Crippen molar-refractivity contribution < 1.29 is 5.11 Å². The van der Waals surface area contributed by atoms with Crippen LogP contribution in [-0.2, 0) is 6.42 Å². The lowest BCUT2D eigenvalue weighted by Gasteiger charge is -2.19. The van der Waals surface area contributed by atoms with Gasteiger partial charge >= 0.3 is 0 Å². The summed E-state index contributed by atoms with van der Waals surface area (Å²) in [5.41, 5.74) is 0. The highest BCUT2D eigenvalue weighted by atomic mass is 32.2. The Morgan fingerprint density at radius 2 is 2.21 bits per heavy atom. The second-order valence-electron chi connectivity index (χ2n) is 4.36. The number of hydrogen-bond donors (Lipinski definition) is 1. The van der Waals surface area contributed by atoms with Crippen molar-refractivity contribution in [3.05, 3.63) is 22.4 Å². The van der Waals surface area contributed by atoms with Gasteiger partial charge in [0.15, 0.2) is 0 Å². The second-order valence-corrected chi connectivity index (χ2v) is 7.24. The standard InChI is InChI=1S/C11H18OS2/c1-11(2,3)14-8-9(12)7-10-5-4-6-13-10/h4-6,9,12H,7-8H2,1-3H3. The van der Waals surface area contributed by atoms with E-state index >= 15 is 0 Å². The average molecular weight is 230 g/mol. The van der Waals surface area contributed by atoms with Gasteiger partial charge in [0, 0.05) is 21.8 Å². The molecule has 1 aromatic rings. The minimum Gasteiger partial charge on any atom is -0.392 e. The molecule has 3 heteroatoms. The van der Waals surface area contributed by atoms with Crippen molar-refractivity contribution in [1.82, 2.24) is 0 Å². The van der Waals surface area contributed by atoms with E-state index in [0.717, 1.165) is 12.2 Å². The number of hydrogen-bond acceptors (Lipinski definition) is 3. The van der Waals surface area contributed by atoms with E-state index in [-0.39, 0.29) is 10.9 Å². The summed E-state index contributed by atoms with van der Waals surface area (Å²) >= 11 is 3.53. The minimum atomic E-state index is -0.210. The van der Waals surface area contributed by atoms with E-state index < -0.39 is 0 Å². The monoisotopic (exact) mass is 230 g/mol. The molecule has 1 heterocycles. The molecule has 0 spiro atoms. The summed E-state index contributed by atoms with van der Waals surface area (Å²) in [4.78, 5) is 1.27. The highest BCUT2D eigenvalue weighted by molar-refractivity contribution is 8.00. The van der Waals surface area contributed by atoms with Gasteiger partial charge in [-0.25, -0.2) is 0 Å². The smallest absolute Gasteiger partial charge is 0.0678 e. The molecule has 1 unspecified atom stereocenters. The molecule has 0 aliphatic rings. The number of thiophene rings is 1. The molecule has 14 heavy (non-hydrogen) atoms. The first-order chi connectivity index (χ1) is 6.47. The van der Waals surface area contributed by atoms with E-state index in [1.807, 2.05) is 17.8 Å². The molecular formula is C11H18OS2. The Morgan fingerprint density at radius 3 is 2.71 bits per heavy atom. The van der Waals surface area contributed by atoms with Gasteiger partial charge in [-0.05, 0) is 11.4 Å². The molecule has 0 aromatic carbocycles. The van der Waals surface area contributed by atoms with Crippen molar-refractivity contribution in [2.75, 3.05) is 5.75 Å². The molecule has 0 bridgehead atoms. The summed E-state index contributed by atoms with van der Waals surface area (Å²) < 4.78 is 0.246. The maximum atomic E-state index is 9.77. The van der Waals surface area contributed by atoms with E-state index in [0.29, 0.717) is 0 Å². The lowest BCUT2D eigenvalue weighted by molar-refractivity contribution is 0.201. The summed E-state index contributed by atoms with van der Waals surface area (Å²) in [5.74, 6) is 0.821. The molecule has 0 fully saturated rings. The predicted molar refractivity (Wildman–Crippen MR) is 66.2 cm³/mol. The number of aliphatic hydroxyl groups is 1. The number of rotatable bonds is 4. The number of thioether (sulfide) groups is 1. The fourth-order valence-electron chi connectivity index (χ4n) is 1.07. The molecule has 80 valence electrons. The van der Waals surface area contributed by atoms with Crippen LogP contribution in [-0.4, -0.2) is 21.7 Å². The van der Waals surface area contributed by atoms with Gasteiger partial charge in [0.05, 0.1) is 6.10 Å². The zero-order chi connectivity index (χ0) is 10.6. The molecule has 0 saturated heterocycles. The van der Waals surface area contributed by atoms with Crippen LogP contribution in [0.5, 0.6) is 0 Å². The van der Waals surface area contributed by atoms with Gasteiger partial charge in [-0.2, -0.15) is 11.8 Å². The lowest BCUT2D eigenvalue weighted by Crippen LogP contribution is -2.18. The van der Waals surface area contributed by atoms with Gasteiger partial charge in [-0.15, -0.1) is 11.3 Å². The quantitative estimate of drug-likeness (QED) is 0.857. The first kappa shape index (κ1) is 12.1. The Kier molecular flexibility index (Phi) is 4.48. The molecule has 1 rings (SSSR count).